The summed E-state index contributed by atoms with van der Waals surface area (Å²) in [5, 5.41) is 7.53. The minimum absolute atomic E-state index is 0.0303. The van der Waals surface area contributed by atoms with Crippen LogP contribution in [0.15, 0.2) is 63.5 Å². The largest absolute Gasteiger partial charge is 0.378 e. The molecule has 2 aliphatic heterocycles. The average Bonchev–Trinajstić information content (AvgIpc) is 3.02. The average molecular weight is 506 g/mol. The van der Waals surface area contributed by atoms with E-state index in [0.717, 1.165) is 54.5 Å². The molecule has 1 fully saturated rings. The Kier molecular flexibility index (Phi) is 6.99. The van der Waals surface area contributed by atoms with Gasteiger partial charge in [0, 0.05) is 43.2 Å². The van der Waals surface area contributed by atoms with Gasteiger partial charge in [-0.25, -0.2) is 8.42 Å². The number of hydrogen-bond donors (Lipinski definition) is 2. The van der Waals surface area contributed by atoms with E-state index < -0.39 is 9.84 Å². The second-order valence-electron chi connectivity index (χ2n) is 10.1. The van der Waals surface area contributed by atoms with Gasteiger partial charge in [0.05, 0.1) is 22.4 Å². The normalized spacial score (nSPS) is 21.6. The molecule has 0 amide bonds. The summed E-state index contributed by atoms with van der Waals surface area (Å²) in [6, 6.07) is 14.4. The van der Waals surface area contributed by atoms with Gasteiger partial charge in [0.15, 0.2) is 9.84 Å². The first-order chi connectivity index (χ1) is 17.3. The zero-order valence-electron chi connectivity index (χ0n) is 21.1. The Labute approximate surface area is 214 Å². The maximum atomic E-state index is 12.1. The Balaban J connectivity index is 1.49. The lowest BCUT2D eigenvalue weighted by atomic mass is 9.87. The highest BCUT2D eigenvalue weighted by Crippen LogP contribution is 2.34. The van der Waals surface area contributed by atoms with Gasteiger partial charge in [0.2, 0.25) is 0 Å². The number of nitrogens with one attached hydrogen (secondary N) is 1. The summed E-state index contributed by atoms with van der Waals surface area (Å²) < 4.78 is 24.2. The van der Waals surface area contributed by atoms with Crippen molar-refractivity contribution < 1.29 is 8.42 Å². The molecule has 1 aliphatic carbocycles. The van der Waals surface area contributed by atoms with E-state index in [-0.39, 0.29) is 6.04 Å². The number of rotatable bonds is 6. The quantitative estimate of drug-likeness (QED) is 0.344. The molecule has 1 unspecified atom stereocenters. The van der Waals surface area contributed by atoms with Crippen LogP contribution < -0.4 is 11.2 Å². The summed E-state index contributed by atoms with van der Waals surface area (Å²) in [6.07, 6.45) is 9.47. The first-order valence-electron chi connectivity index (χ1n) is 12.8. The number of anilines is 1. The molecule has 1 atom stereocenters. The van der Waals surface area contributed by atoms with E-state index in [1.807, 2.05) is 13.0 Å². The van der Waals surface area contributed by atoms with Crippen LogP contribution in [0.5, 0.6) is 0 Å². The van der Waals surface area contributed by atoms with Crippen LogP contribution in [0.4, 0.5) is 5.69 Å². The number of aliphatic imine (C=N–C) groups is 1. The van der Waals surface area contributed by atoms with Crippen LogP contribution in [0.25, 0.3) is 5.57 Å². The molecular formula is C28H35N5O2S. The summed E-state index contributed by atoms with van der Waals surface area (Å²) in [5.74, 6) is 5.65. The Morgan fingerprint density at radius 2 is 2.00 bits per heavy atom. The van der Waals surface area contributed by atoms with Crippen LogP contribution in [-0.2, 0) is 9.84 Å². The fraction of sp³-hybridized carbons (Fsp3) is 0.429. The van der Waals surface area contributed by atoms with Gasteiger partial charge in [-0.2, -0.15) is 5.10 Å². The van der Waals surface area contributed by atoms with Crippen LogP contribution in [-0.4, -0.2) is 56.7 Å². The van der Waals surface area contributed by atoms with Crippen LogP contribution in [0.1, 0.15) is 61.8 Å². The molecule has 3 aliphatic rings. The summed E-state index contributed by atoms with van der Waals surface area (Å²) in [7, 11) is -3.29. The number of nitrogens with zero attached hydrogens (tertiary/aromatic N) is 3. The van der Waals surface area contributed by atoms with Crippen molar-refractivity contribution in [2.75, 3.05) is 31.2 Å². The molecule has 1 saturated carbocycles. The third-order valence-corrected chi connectivity index (χ3v) is 8.82. The second-order valence-corrected chi connectivity index (χ2v) is 12.1. The zero-order valence-corrected chi connectivity index (χ0v) is 21.9. The summed E-state index contributed by atoms with van der Waals surface area (Å²) in [4.78, 5) is 7.74. The van der Waals surface area contributed by atoms with Gasteiger partial charge in [0.1, 0.15) is 0 Å². The number of nitrogens with two attached hydrogens (primary N) is 1. The van der Waals surface area contributed by atoms with Crippen molar-refractivity contribution in [2.45, 2.75) is 56.0 Å². The fourth-order valence-electron chi connectivity index (χ4n) is 5.38. The number of fused-ring (bicyclic) bond motifs is 1. The van der Waals surface area contributed by atoms with E-state index in [9.17, 15) is 8.42 Å². The lowest BCUT2D eigenvalue weighted by Crippen LogP contribution is -2.42. The van der Waals surface area contributed by atoms with Gasteiger partial charge >= 0.3 is 0 Å². The maximum absolute atomic E-state index is 12.1. The molecule has 7 nitrogen and oxygen atoms in total. The topological polar surface area (TPSA) is 100 Å². The van der Waals surface area contributed by atoms with Crippen molar-refractivity contribution in [3.05, 3.63) is 65.2 Å². The first kappa shape index (κ1) is 24.7. The molecule has 0 spiro atoms. The second kappa shape index (κ2) is 10.2. The SMILES string of the molecule is CC(=NN)C1=NCCC(Nc2cccc(S(C)(=O)=O)c2)c2cc(C3=CCN(C4CCC4)CC3)ccc21. The lowest BCUT2D eigenvalue weighted by Gasteiger charge is -2.39. The molecular weight excluding hydrogens is 470 g/mol. The molecule has 0 saturated heterocycles. The highest BCUT2D eigenvalue weighted by atomic mass is 32.2. The van der Waals surface area contributed by atoms with Gasteiger partial charge in [-0.15, -0.1) is 0 Å². The van der Waals surface area contributed by atoms with E-state index in [4.69, 9.17) is 10.8 Å². The van der Waals surface area contributed by atoms with Crippen molar-refractivity contribution >= 4 is 32.5 Å². The highest BCUT2D eigenvalue weighted by molar-refractivity contribution is 7.90. The number of hydrazone groups is 1. The van der Waals surface area contributed by atoms with Gasteiger partial charge in [-0.3, -0.25) is 9.89 Å². The third kappa shape index (κ3) is 5.11. The van der Waals surface area contributed by atoms with Gasteiger partial charge in [0.25, 0.3) is 0 Å². The first-order valence-corrected chi connectivity index (χ1v) is 14.7. The standard InChI is InChI=1S/C28H35N5O2S/c1-19(32-29)28-25-10-9-21(20-12-15-33(16-13-20)23-6-4-7-23)17-26(25)27(11-14-30-28)31-22-5-3-8-24(18-22)36(2,34)35/h3,5,8-10,12,17-18,23,27,31H,4,6-7,11,13-16,29H2,1-2H3. The van der Waals surface area contributed by atoms with Gasteiger partial charge in [-0.05, 0) is 73.6 Å². The molecule has 5 rings (SSSR count). The Morgan fingerprint density at radius 1 is 1.17 bits per heavy atom. The van der Waals surface area contributed by atoms with Crippen molar-refractivity contribution in [1.29, 1.82) is 0 Å². The summed E-state index contributed by atoms with van der Waals surface area (Å²) >= 11 is 0. The van der Waals surface area contributed by atoms with Gasteiger partial charge in [-0.1, -0.05) is 30.7 Å². The van der Waals surface area contributed by atoms with Crippen molar-refractivity contribution in [3.63, 3.8) is 0 Å². The Morgan fingerprint density at radius 3 is 2.67 bits per heavy atom. The lowest BCUT2D eigenvalue weighted by molar-refractivity contribution is 0.141. The number of hydrogen-bond acceptors (Lipinski definition) is 7. The molecule has 2 aromatic carbocycles. The van der Waals surface area contributed by atoms with Gasteiger partial charge < -0.3 is 11.2 Å². The summed E-state index contributed by atoms with van der Waals surface area (Å²) in [6.45, 7) is 4.63. The van der Waals surface area contributed by atoms with Crippen molar-refractivity contribution in [1.82, 2.24) is 4.90 Å². The molecule has 0 aromatic heterocycles. The predicted octanol–water partition coefficient (Wildman–Crippen LogP) is 4.41. The third-order valence-electron chi connectivity index (χ3n) is 7.71. The van der Waals surface area contributed by atoms with Crippen LogP contribution in [0.3, 0.4) is 0 Å². The van der Waals surface area contributed by atoms with Crippen molar-refractivity contribution in [3.8, 4) is 0 Å². The predicted molar refractivity (Wildman–Crippen MR) is 147 cm³/mol. The molecule has 2 aromatic rings. The molecule has 3 N–H and O–H groups in total. The van der Waals surface area contributed by atoms with E-state index in [1.54, 1.807) is 18.2 Å². The maximum Gasteiger partial charge on any atom is 0.175 e. The smallest absolute Gasteiger partial charge is 0.175 e. The van der Waals surface area contributed by atoms with Crippen LogP contribution in [0, 0.1) is 0 Å². The van der Waals surface area contributed by atoms with E-state index in [0.29, 0.717) is 17.2 Å². The number of benzene rings is 2. The van der Waals surface area contributed by atoms with E-state index in [1.165, 1.54) is 36.7 Å². The molecule has 0 bridgehead atoms. The molecule has 8 heteroatoms. The minimum Gasteiger partial charge on any atom is -0.378 e. The number of sulfone groups is 1. The fourth-order valence-corrected chi connectivity index (χ4v) is 6.05. The highest BCUT2D eigenvalue weighted by Gasteiger charge is 2.27. The monoisotopic (exact) mass is 505 g/mol. The molecule has 36 heavy (non-hydrogen) atoms. The minimum atomic E-state index is -3.29. The Bertz CT molecular complexity index is 1340. The Hall–Kier alpha value is -2.97. The zero-order chi connectivity index (χ0) is 25.3. The van der Waals surface area contributed by atoms with E-state index >= 15 is 0 Å². The molecule has 2 heterocycles. The van der Waals surface area contributed by atoms with Crippen LogP contribution in [0.2, 0.25) is 0 Å². The van der Waals surface area contributed by atoms with Crippen LogP contribution >= 0.6 is 0 Å². The van der Waals surface area contributed by atoms with E-state index in [2.05, 4.69) is 39.6 Å². The molecule has 190 valence electrons. The van der Waals surface area contributed by atoms with Crippen molar-refractivity contribution in [2.24, 2.45) is 15.9 Å². The molecule has 0 radical (unpaired) electrons. The summed E-state index contributed by atoms with van der Waals surface area (Å²) in [5.41, 5.74) is 7.09.